The minimum Gasteiger partial charge on any atom is -0.462 e. The number of esters is 4. The van der Waals surface area contributed by atoms with Gasteiger partial charge in [0, 0.05) is 25.7 Å². The van der Waals surface area contributed by atoms with Crippen LogP contribution in [0.2, 0.25) is 0 Å². The molecule has 0 saturated heterocycles. The molecule has 0 spiro atoms. The fraction of sp³-hybridized carbons (Fsp3) is 0.889. The Hall–Kier alpha value is -2.46. The number of phosphoric ester groups is 2. The number of ether oxygens (including phenoxy) is 4. The largest absolute Gasteiger partial charge is 0.472 e. The van der Waals surface area contributed by atoms with Crippen LogP contribution in [0, 0.1) is 5.92 Å². The molecule has 0 bridgehead atoms. The molecule has 0 radical (unpaired) electrons. The van der Waals surface area contributed by atoms with Crippen molar-refractivity contribution in [2.24, 2.45) is 5.92 Å². The molecule has 0 aromatic rings. The monoisotopic (exact) mass is 1330 g/mol. The lowest BCUT2D eigenvalue weighted by Gasteiger charge is -2.21. The van der Waals surface area contributed by atoms with Crippen molar-refractivity contribution < 1.29 is 80.2 Å². The molecule has 0 aromatic heterocycles. The van der Waals surface area contributed by atoms with E-state index in [2.05, 4.69) is 58.9 Å². The number of hydrogen-bond acceptors (Lipinski definition) is 15. The first-order chi connectivity index (χ1) is 44.0. The van der Waals surface area contributed by atoms with E-state index in [1.165, 1.54) is 154 Å². The third-order valence-corrected chi connectivity index (χ3v) is 18.1. The molecular weight excluding hydrogens is 1200 g/mol. The van der Waals surface area contributed by atoms with E-state index in [4.69, 9.17) is 37.0 Å². The van der Waals surface area contributed by atoms with Crippen molar-refractivity contribution >= 4 is 39.5 Å². The number of hydrogen-bond donors (Lipinski definition) is 3. The smallest absolute Gasteiger partial charge is 0.462 e. The lowest BCUT2D eigenvalue weighted by Crippen LogP contribution is -2.30. The van der Waals surface area contributed by atoms with Crippen molar-refractivity contribution in [3.63, 3.8) is 0 Å². The molecule has 19 heteroatoms. The molecule has 0 saturated carbocycles. The standard InChI is InChI=1S/C72H136O17P2/c1-6-9-12-15-18-21-24-27-29-31-34-36-39-45-50-55-69(74)82-61-67(88-72(77)58-53-48-41-38-35-32-30-28-25-22-19-16-13-10-7-2)63-86-90(78,79)84-59-66(73)60-85-91(80,81)87-64-68(62-83-70(75)56-51-46-43-42-44-49-54-65(4)5)89-71(76)57-52-47-40-37-33-26-23-20-17-14-11-8-3/h22,25,28,30,65-68,73H,6-21,23-24,26-27,29,31-64H2,1-5H3,(H,78,79)(H,80,81)/b25-22-,30-28-/t66-,67-,68-/m1/s1. The summed E-state index contributed by atoms with van der Waals surface area (Å²) in [6, 6.07) is 0. The molecule has 3 N–H and O–H groups in total. The number of aliphatic hydroxyl groups excluding tert-OH is 1. The highest BCUT2D eigenvalue weighted by atomic mass is 31.2. The second-order valence-corrected chi connectivity index (χ2v) is 28.7. The SMILES string of the molecule is CCCCCC/C=C\C=C/CCCCCCCC(=O)O[C@H](COC(=O)CCCCCCCCCCCCCCCCC)COP(=O)(O)OC[C@@H](O)COP(=O)(O)OC[C@@H](COC(=O)CCCCCCCCC(C)C)OC(=O)CCCCCCCCCCCCCC. The maximum atomic E-state index is 13.0. The van der Waals surface area contributed by atoms with E-state index in [1.54, 1.807) is 0 Å². The summed E-state index contributed by atoms with van der Waals surface area (Å²) in [5, 5.41) is 10.6. The van der Waals surface area contributed by atoms with Gasteiger partial charge >= 0.3 is 39.5 Å². The van der Waals surface area contributed by atoms with Crippen LogP contribution in [0.5, 0.6) is 0 Å². The zero-order valence-corrected chi connectivity index (χ0v) is 60.3. The third-order valence-electron chi connectivity index (χ3n) is 16.2. The van der Waals surface area contributed by atoms with E-state index < -0.39 is 97.5 Å². The maximum Gasteiger partial charge on any atom is 0.472 e. The number of phosphoric acid groups is 2. The van der Waals surface area contributed by atoms with Gasteiger partial charge in [0.05, 0.1) is 26.4 Å². The molecular formula is C72H136O17P2. The van der Waals surface area contributed by atoms with Gasteiger partial charge in [0.1, 0.15) is 19.3 Å². The van der Waals surface area contributed by atoms with Crippen molar-refractivity contribution in [2.45, 2.75) is 368 Å². The van der Waals surface area contributed by atoms with Crippen LogP contribution in [0.4, 0.5) is 0 Å². The van der Waals surface area contributed by atoms with Gasteiger partial charge in [0.2, 0.25) is 0 Å². The Morgan fingerprint density at radius 3 is 0.901 bits per heavy atom. The summed E-state index contributed by atoms with van der Waals surface area (Å²) in [5.74, 6) is -1.47. The quantitative estimate of drug-likeness (QED) is 0.0169. The number of carbonyl (C=O) groups excluding carboxylic acids is 4. The van der Waals surface area contributed by atoms with Gasteiger partial charge < -0.3 is 33.8 Å². The molecule has 0 aliphatic carbocycles. The van der Waals surface area contributed by atoms with Gasteiger partial charge in [-0.05, 0) is 57.3 Å². The predicted molar refractivity (Wildman–Crippen MR) is 368 cm³/mol. The predicted octanol–water partition coefficient (Wildman–Crippen LogP) is 20.5. The Bertz CT molecular complexity index is 1850. The summed E-state index contributed by atoms with van der Waals surface area (Å²) in [6.45, 7) is 7.11. The molecule has 0 rings (SSSR count). The van der Waals surface area contributed by atoms with E-state index >= 15 is 0 Å². The highest BCUT2D eigenvalue weighted by Crippen LogP contribution is 2.45. The maximum absolute atomic E-state index is 13.0. The first kappa shape index (κ1) is 88.5. The Kier molecular flexibility index (Phi) is 63.1. The molecule has 0 heterocycles. The van der Waals surface area contributed by atoms with Gasteiger partial charge in [-0.15, -0.1) is 0 Å². The van der Waals surface area contributed by atoms with Gasteiger partial charge in [0.15, 0.2) is 12.2 Å². The van der Waals surface area contributed by atoms with Gasteiger partial charge in [-0.25, -0.2) is 9.13 Å². The van der Waals surface area contributed by atoms with Crippen LogP contribution in [0.1, 0.15) is 349 Å². The Morgan fingerprint density at radius 1 is 0.341 bits per heavy atom. The second kappa shape index (κ2) is 64.9. The normalized spacial score (nSPS) is 14.2. The average molecular weight is 1340 g/mol. The average Bonchev–Trinajstić information content (AvgIpc) is 3.71. The molecule has 0 amide bonds. The number of unbranched alkanes of at least 4 members (excludes halogenated alkanes) is 39. The van der Waals surface area contributed by atoms with Gasteiger partial charge in [-0.2, -0.15) is 0 Å². The molecule has 0 aliphatic rings. The number of aliphatic hydroxyl groups is 1. The fourth-order valence-electron chi connectivity index (χ4n) is 10.5. The first-order valence-electron chi connectivity index (χ1n) is 37.0. The van der Waals surface area contributed by atoms with Crippen molar-refractivity contribution in [2.75, 3.05) is 39.6 Å². The summed E-state index contributed by atoms with van der Waals surface area (Å²) in [7, 11) is -9.91. The zero-order valence-electron chi connectivity index (χ0n) is 58.5. The molecule has 2 unspecified atom stereocenters. The molecule has 536 valence electrons. The van der Waals surface area contributed by atoms with Crippen LogP contribution in [-0.2, 0) is 65.4 Å². The Balaban J connectivity index is 5.27. The molecule has 91 heavy (non-hydrogen) atoms. The summed E-state index contributed by atoms with van der Waals surface area (Å²) >= 11 is 0. The van der Waals surface area contributed by atoms with E-state index in [1.807, 2.05) is 0 Å². The molecule has 0 aromatic carbocycles. The van der Waals surface area contributed by atoms with Crippen LogP contribution in [0.15, 0.2) is 24.3 Å². The van der Waals surface area contributed by atoms with Gasteiger partial charge in [-0.1, -0.05) is 296 Å². The molecule has 17 nitrogen and oxygen atoms in total. The van der Waals surface area contributed by atoms with Crippen LogP contribution < -0.4 is 0 Å². The van der Waals surface area contributed by atoms with Gasteiger partial charge in [-0.3, -0.25) is 37.3 Å². The summed E-state index contributed by atoms with van der Waals surface area (Å²) < 4.78 is 68.3. The van der Waals surface area contributed by atoms with E-state index in [9.17, 15) is 43.2 Å². The molecule has 5 atom stereocenters. The minimum absolute atomic E-state index is 0.0855. The minimum atomic E-state index is -4.96. The van der Waals surface area contributed by atoms with Crippen LogP contribution in [0.3, 0.4) is 0 Å². The van der Waals surface area contributed by atoms with E-state index in [0.717, 1.165) is 109 Å². The third kappa shape index (κ3) is 66.0. The Morgan fingerprint density at radius 2 is 0.593 bits per heavy atom. The topological polar surface area (TPSA) is 237 Å². The zero-order chi connectivity index (χ0) is 67.0. The Labute approximate surface area is 554 Å². The summed E-state index contributed by atoms with van der Waals surface area (Å²) in [4.78, 5) is 72.6. The second-order valence-electron chi connectivity index (χ2n) is 25.8. The van der Waals surface area contributed by atoms with Crippen LogP contribution in [0.25, 0.3) is 0 Å². The van der Waals surface area contributed by atoms with Crippen molar-refractivity contribution in [3.8, 4) is 0 Å². The number of carbonyl (C=O) groups is 4. The van der Waals surface area contributed by atoms with Crippen LogP contribution >= 0.6 is 15.6 Å². The molecule has 0 aliphatic heterocycles. The lowest BCUT2D eigenvalue weighted by atomic mass is 10.0. The van der Waals surface area contributed by atoms with E-state index in [-0.39, 0.29) is 25.7 Å². The van der Waals surface area contributed by atoms with E-state index in [0.29, 0.717) is 31.6 Å². The molecule has 0 fully saturated rings. The summed E-state index contributed by atoms with van der Waals surface area (Å²) in [5.41, 5.74) is 0. The van der Waals surface area contributed by atoms with Gasteiger partial charge in [0.25, 0.3) is 0 Å². The summed E-state index contributed by atoms with van der Waals surface area (Å²) in [6.07, 6.45) is 55.0. The van der Waals surface area contributed by atoms with Crippen LogP contribution in [-0.4, -0.2) is 96.7 Å². The highest BCUT2D eigenvalue weighted by molar-refractivity contribution is 7.47. The number of rotatable bonds is 70. The van der Waals surface area contributed by atoms with Crippen molar-refractivity contribution in [3.05, 3.63) is 24.3 Å². The number of allylic oxidation sites excluding steroid dienone is 4. The van der Waals surface area contributed by atoms with Crippen molar-refractivity contribution in [1.29, 1.82) is 0 Å². The highest BCUT2D eigenvalue weighted by Gasteiger charge is 2.30. The van der Waals surface area contributed by atoms with Crippen molar-refractivity contribution in [1.82, 2.24) is 0 Å². The lowest BCUT2D eigenvalue weighted by molar-refractivity contribution is -0.161. The fourth-order valence-corrected chi connectivity index (χ4v) is 12.0. The first-order valence-corrected chi connectivity index (χ1v) is 39.9.